The lowest BCUT2D eigenvalue weighted by atomic mass is 10.3. The van der Waals surface area contributed by atoms with Crippen LogP contribution in [0.4, 0.5) is 0 Å². The molecule has 106 valence electrons. The second-order valence-corrected chi connectivity index (χ2v) is 6.30. The monoisotopic (exact) mass is 307 g/mol. The van der Waals surface area contributed by atoms with Gasteiger partial charge in [0.15, 0.2) is 6.61 Å². The summed E-state index contributed by atoms with van der Waals surface area (Å²) < 4.78 is 34.3. The fourth-order valence-corrected chi connectivity index (χ4v) is 2.39. The molecule has 0 bridgehead atoms. The van der Waals surface area contributed by atoms with E-state index in [2.05, 4.69) is 4.74 Å². The first-order valence-electron chi connectivity index (χ1n) is 5.20. The first-order chi connectivity index (χ1) is 8.78. The Morgan fingerprint density at radius 1 is 1.37 bits per heavy atom. The van der Waals surface area contributed by atoms with Crippen LogP contribution in [0.3, 0.4) is 0 Å². The molecular weight excluding hydrogens is 294 g/mol. The average Bonchev–Trinajstić information content (AvgIpc) is 2.36. The summed E-state index contributed by atoms with van der Waals surface area (Å²) in [4.78, 5) is 11.0. The zero-order chi connectivity index (χ0) is 14.6. The van der Waals surface area contributed by atoms with Gasteiger partial charge in [0.2, 0.25) is 10.0 Å². The summed E-state index contributed by atoms with van der Waals surface area (Å²) in [6.45, 7) is -0.296. The highest BCUT2D eigenvalue weighted by Gasteiger charge is 2.18. The molecule has 0 radical (unpaired) electrons. The molecule has 0 aliphatic carbocycles. The predicted octanol–water partition coefficient (Wildman–Crippen LogP) is 1.14. The number of hydrogen-bond donors (Lipinski definition) is 0. The first-order valence-corrected chi connectivity index (χ1v) is 7.02. The third-order valence-electron chi connectivity index (χ3n) is 2.26. The van der Waals surface area contributed by atoms with Gasteiger partial charge in [-0.25, -0.2) is 17.5 Å². The van der Waals surface area contributed by atoms with Gasteiger partial charge in [-0.15, -0.1) is 0 Å². The summed E-state index contributed by atoms with van der Waals surface area (Å²) in [6.07, 6.45) is 0. The van der Waals surface area contributed by atoms with E-state index in [1.54, 1.807) is 0 Å². The standard InChI is InChI=1S/C11H14ClNO5S/c1-13(2)19(15,16)8-4-5-10(9(12)6-8)18-7-11(14)17-3/h4-6H,7H2,1-3H3. The second kappa shape index (κ2) is 6.23. The largest absolute Gasteiger partial charge is 0.480 e. The molecule has 0 aliphatic heterocycles. The highest BCUT2D eigenvalue weighted by molar-refractivity contribution is 7.89. The third-order valence-corrected chi connectivity index (χ3v) is 4.36. The summed E-state index contributed by atoms with van der Waals surface area (Å²) in [5.41, 5.74) is 0. The summed E-state index contributed by atoms with van der Waals surface area (Å²) in [5, 5.41) is 0.104. The molecule has 1 aromatic rings. The Labute approximate surface area is 116 Å². The number of methoxy groups -OCH3 is 1. The Balaban J connectivity index is 2.95. The van der Waals surface area contributed by atoms with Crippen molar-refractivity contribution in [2.24, 2.45) is 0 Å². The quantitative estimate of drug-likeness (QED) is 0.763. The smallest absolute Gasteiger partial charge is 0.343 e. The van der Waals surface area contributed by atoms with Crippen molar-refractivity contribution >= 4 is 27.6 Å². The van der Waals surface area contributed by atoms with E-state index in [0.29, 0.717) is 0 Å². The number of hydrogen-bond acceptors (Lipinski definition) is 5. The van der Waals surface area contributed by atoms with Crippen LogP contribution in [0.15, 0.2) is 23.1 Å². The minimum atomic E-state index is -3.55. The topological polar surface area (TPSA) is 72.9 Å². The second-order valence-electron chi connectivity index (χ2n) is 3.74. The van der Waals surface area contributed by atoms with E-state index < -0.39 is 16.0 Å². The molecule has 0 unspecified atom stereocenters. The van der Waals surface area contributed by atoms with E-state index in [4.69, 9.17) is 16.3 Å². The molecule has 0 saturated carbocycles. The zero-order valence-electron chi connectivity index (χ0n) is 10.7. The van der Waals surface area contributed by atoms with E-state index in [1.165, 1.54) is 39.4 Å². The number of sulfonamides is 1. The van der Waals surface area contributed by atoms with E-state index in [0.717, 1.165) is 4.31 Å². The minimum absolute atomic E-state index is 0.0490. The Hall–Kier alpha value is -1.31. The van der Waals surface area contributed by atoms with Gasteiger partial charge in [0.05, 0.1) is 17.0 Å². The van der Waals surface area contributed by atoms with E-state index in [-0.39, 0.29) is 22.3 Å². The highest BCUT2D eigenvalue weighted by Crippen LogP contribution is 2.28. The Kier molecular flexibility index (Phi) is 5.16. The van der Waals surface area contributed by atoms with Crippen molar-refractivity contribution in [2.75, 3.05) is 27.8 Å². The molecule has 0 amide bonds. The van der Waals surface area contributed by atoms with E-state index in [1.807, 2.05) is 0 Å². The fraction of sp³-hybridized carbons (Fsp3) is 0.364. The molecule has 0 aromatic heterocycles. The lowest BCUT2D eigenvalue weighted by molar-refractivity contribution is -0.142. The number of ether oxygens (including phenoxy) is 2. The van der Waals surface area contributed by atoms with Gasteiger partial charge in [-0.1, -0.05) is 11.6 Å². The third kappa shape index (κ3) is 3.82. The van der Waals surface area contributed by atoms with Crippen molar-refractivity contribution < 1.29 is 22.7 Å². The van der Waals surface area contributed by atoms with Crippen molar-refractivity contribution in [3.63, 3.8) is 0 Å². The highest BCUT2D eigenvalue weighted by atomic mass is 35.5. The van der Waals surface area contributed by atoms with Crippen LogP contribution in [0.1, 0.15) is 0 Å². The van der Waals surface area contributed by atoms with Crippen LogP contribution >= 0.6 is 11.6 Å². The molecule has 0 fully saturated rings. The van der Waals surface area contributed by atoms with Crippen LogP contribution in [0.5, 0.6) is 5.75 Å². The van der Waals surface area contributed by atoms with Gasteiger partial charge in [0.25, 0.3) is 0 Å². The molecule has 0 aliphatic rings. The van der Waals surface area contributed by atoms with Crippen LogP contribution in [0.2, 0.25) is 5.02 Å². The zero-order valence-corrected chi connectivity index (χ0v) is 12.3. The maximum Gasteiger partial charge on any atom is 0.343 e. The van der Waals surface area contributed by atoms with Crippen LogP contribution in [-0.2, 0) is 19.6 Å². The number of carbonyl (C=O) groups is 1. The number of benzene rings is 1. The van der Waals surface area contributed by atoms with Crippen LogP contribution in [0.25, 0.3) is 0 Å². The molecule has 6 nitrogen and oxygen atoms in total. The van der Waals surface area contributed by atoms with Gasteiger partial charge < -0.3 is 9.47 Å². The molecule has 0 heterocycles. The Bertz CT molecular complexity index is 570. The Morgan fingerprint density at radius 2 is 2.00 bits per heavy atom. The SMILES string of the molecule is COC(=O)COc1ccc(S(=O)(=O)N(C)C)cc1Cl. The lowest BCUT2D eigenvalue weighted by Crippen LogP contribution is -2.22. The van der Waals surface area contributed by atoms with Crippen molar-refractivity contribution in [3.05, 3.63) is 23.2 Å². The molecular formula is C11H14ClNO5S. The number of esters is 1. The van der Waals surface area contributed by atoms with Gasteiger partial charge in [0, 0.05) is 14.1 Å². The summed E-state index contributed by atoms with van der Waals surface area (Å²) >= 11 is 5.91. The summed E-state index contributed by atoms with van der Waals surface area (Å²) in [6, 6.07) is 4.01. The van der Waals surface area contributed by atoms with Gasteiger partial charge >= 0.3 is 5.97 Å². The molecule has 8 heteroatoms. The molecule has 1 rings (SSSR count). The Morgan fingerprint density at radius 3 is 2.47 bits per heavy atom. The maximum atomic E-state index is 11.9. The first kappa shape index (κ1) is 15.7. The maximum absolute atomic E-state index is 11.9. The molecule has 0 atom stereocenters. The molecule has 0 spiro atoms. The van der Waals surface area contributed by atoms with Gasteiger partial charge in [-0.2, -0.15) is 0 Å². The number of carbonyl (C=O) groups excluding carboxylic acids is 1. The fourth-order valence-electron chi connectivity index (χ4n) is 1.17. The molecule has 0 N–H and O–H groups in total. The minimum Gasteiger partial charge on any atom is -0.480 e. The number of rotatable bonds is 5. The van der Waals surface area contributed by atoms with Gasteiger partial charge in [0.1, 0.15) is 5.75 Å². The van der Waals surface area contributed by atoms with Crippen LogP contribution in [0, 0.1) is 0 Å². The van der Waals surface area contributed by atoms with Crippen molar-refractivity contribution in [1.29, 1.82) is 0 Å². The van der Waals surface area contributed by atoms with Crippen molar-refractivity contribution in [2.45, 2.75) is 4.90 Å². The van der Waals surface area contributed by atoms with E-state index in [9.17, 15) is 13.2 Å². The van der Waals surface area contributed by atoms with Gasteiger partial charge in [-0.3, -0.25) is 0 Å². The van der Waals surface area contributed by atoms with Crippen molar-refractivity contribution in [1.82, 2.24) is 4.31 Å². The van der Waals surface area contributed by atoms with Crippen molar-refractivity contribution in [3.8, 4) is 5.75 Å². The summed E-state index contributed by atoms with van der Waals surface area (Å²) in [5.74, 6) is -0.342. The molecule has 1 aromatic carbocycles. The average molecular weight is 308 g/mol. The molecule has 19 heavy (non-hydrogen) atoms. The van der Waals surface area contributed by atoms with Crippen LogP contribution < -0.4 is 4.74 Å². The lowest BCUT2D eigenvalue weighted by Gasteiger charge is -2.13. The van der Waals surface area contributed by atoms with E-state index >= 15 is 0 Å². The normalized spacial score (nSPS) is 11.4. The van der Waals surface area contributed by atoms with Crippen LogP contribution in [-0.4, -0.2) is 46.5 Å². The van der Waals surface area contributed by atoms with Gasteiger partial charge in [-0.05, 0) is 18.2 Å². The predicted molar refractivity (Wildman–Crippen MR) is 69.8 cm³/mol. The number of nitrogens with zero attached hydrogens (tertiary/aromatic N) is 1. The molecule has 0 saturated heterocycles. The summed E-state index contributed by atoms with van der Waals surface area (Å²) in [7, 11) is 0.529. The number of halogens is 1.